The fourth-order valence-electron chi connectivity index (χ4n) is 4.76. The molecule has 0 spiro atoms. The predicted molar refractivity (Wildman–Crippen MR) is 114 cm³/mol. The summed E-state index contributed by atoms with van der Waals surface area (Å²) in [7, 11) is 1.90. The Labute approximate surface area is 183 Å². The molecule has 32 heavy (non-hydrogen) atoms. The second-order valence-electron chi connectivity index (χ2n) is 8.80. The number of nitrogens with zero attached hydrogens (tertiary/aromatic N) is 5. The van der Waals surface area contributed by atoms with E-state index in [1.807, 2.05) is 16.6 Å². The molecular weight excluding hydrogens is 421 g/mol. The maximum Gasteiger partial charge on any atom is 0.416 e. The second kappa shape index (κ2) is 8.00. The lowest BCUT2D eigenvalue weighted by Gasteiger charge is -2.28. The third kappa shape index (κ3) is 4.04. The summed E-state index contributed by atoms with van der Waals surface area (Å²) in [6, 6.07) is 3.04. The lowest BCUT2D eigenvalue weighted by molar-refractivity contribution is -0.138. The van der Waals surface area contributed by atoms with Crippen molar-refractivity contribution in [2.45, 2.75) is 57.0 Å². The summed E-state index contributed by atoms with van der Waals surface area (Å²) in [5, 5.41) is 18.0. The van der Waals surface area contributed by atoms with Gasteiger partial charge in [-0.2, -0.15) is 23.3 Å². The van der Waals surface area contributed by atoms with Crippen LogP contribution in [0.3, 0.4) is 0 Å². The number of nitrogens with one attached hydrogen (secondary N) is 1. The SMILES string of the molecule is CN1CCc2c(cc(Nc3ncc4cnn([C@H]5CC[C@@H](O)CC5)c4n3)cc2C(F)(F)F)C1. The zero-order chi connectivity index (χ0) is 22.5. The molecule has 0 bridgehead atoms. The molecule has 5 rings (SSSR count). The number of aromatic nitrogens is 4. The minimum atomic E-state index is -4.42. The number of fused-ring (bicyclic) bond motifs is 2. The third-order valence-corrected chi connectivity index (χ3v) is 6.43. The van der Waals surface area contributed by atoms with Crippen molar-refractivity contribution >= 4 is 22.7 Å². The predicted octanol–water partition coefficient (Wildman–Crippen LogP) is 4.05. The average Bonchev–Trinajstić information content (AvgIpc) is 3.16. The number of benzene rings is 1. The number of anilines is 2. The number of alkyl halides is 3. The van der Waals surface area contributed by atoms with Crippen molar-refractivity contribution in [3.05, 3.63) is 41.2 Å². The highest BCUT2D eigenvalue weighted by atomic mass is 19.4. The molecule has 3 heterocycles. The monoisotopic (exact) mass is 446 g/mol. The van der Waals surface area contributed by atoms with Gasteiger partial charge in [0.05, 0.1) is 29.3 Å². The summed E-state index contributed by atoms with van der Waals surface area (Å²) in [6.45, 7) is 1.07. The zero-order valence-electron chi connectivity index (χ0n) is 17.7. The van der Waals surface area contributed by atoms with Crippen LogP contribution in [0, 0.1) is 0 Å². The fourth-order valence-corrected chi connectivity index (χ4v) is 4.76. The van der Waals surface area contributed by atoms with Crippen molar-refractivity contribution < 1.29 is 18.3 Å². The lowest BCUT2D eigenvalue weighted by atomic mass is 9.93. The Morgan fingerprint density at radius 3 is 2.66 bits per heavy atom. The van der Waals surface area contributed by atoms with Gasteiger partial charge in [0.25, 0.3) is 0 Å². The number of halogens is 3. The zero-order valence-corrected chi connectivity index (χ0v) is 17.7. The highest BCUT2D eigenvalue weighted by Crippen LogP contribution is 2.38. The van der Waals surface area contributed by atoms with Crippen LogP contribution in [0.2, 0.25) is 0 Å². The number of hydrogen-bond acceptors (Lipinski definition) is 6. The Morgan fingerprint density at radius 2 is 1.91 bits per heavy atom. The van der Waals surface area contributed by atoms with Crippen molar-refractivity contribution in [3.63, 3.8) is 0 Å². The molecule has 1 fully saturated rings. The van der Waals surface area contributed by atoms with Crippen LogP contribution in [-0.4, -0.2) is 49.5 Å². The maximum absolute atomic E-state index is 13.7. The molecule has 1 aromatic carbocycles. The van der Waals surface area contributed by atoms with E-state index in [9.17, 15) is 18.3 Å². The van der Waals surface area contributed by atoms with Crippen molar-refractivity contribution in [2.75, 3.05) is 18.9 Å². The molecule has 2 aromatic heterocycles. The van der Waals surface area contributed by atoms with Crippen molar-refractivity contribution in [1.82, 2.24) is 24.6 Å². The van der Waals surface area contributed by atoms with Crippen LogP contribution >= 0.6 is 0 Å². The van der Waals surface area contributed by atoms with Gasteiger partial charge in [-0.3, -0.25) is 0 Å². The Morgan fingerprint density at radius 1 is 1.12 bits per heavy atom. The fraction of sp³-hybridized carbons (Fsp3) is 0.500. The molecule has 0 amide bonds. The van der Waals surface area contributed by atoms with Crippen LogP contribution in [0.4, 0.5) is 24.8 Å². The number of likely N-dealkylation sites (N-methyl/N-ethyl adjacent to an activating group) is 1. The van der Waals surface area contributed by atoms with Gasteiger partial charge < -0.3 is 15.3 Å². The smallest absolute Gasteiger partial charge is 0.393 e. The number of rotatable bonds is 3. The van der Waals surface area contributed by atoms with Gasteiger partial charge in [0.2, 0.25) is 5.95 Å². The average molecular weight is 446 g/mol. The summed E-state index contributed by atoms with van der Waals surface area (Å²) in [5.74, 6) is 0.229. The molecule has 1 aliphatic carbocycles. The first-order chi connectivity index (χ1) is 15.3. The van der Waals surface area contributed by atoms with Gasteiger partial charge in [0.1, 0.15) is 0 Å². The van der Waals surface area contributed by atoms with E-state index < -0.39 is 11.7 Å². The maximum atomic E-state index is 13.7. The summed E-state index contributed by atoms with van der Waals surface area (Å²) >= 11 is 0. The Balaban J connectivity index is 1.48. The van der Waals surface area contributed by atoms with E-state index in [2.05, 4.69) is 20.4 Å². The molecule has 1 saturated carbocycles. The highest BCUT2D eigenvalue weighted by molar-refractivity contribution is 5.75. The van der Waals surface area contributed by atoms with Gasteiger partial charge in [-0.1, -0.05) is 0 Å². The largest absolute Gasteiger partial charge is 0.416 e. The van der Waals surface area contributed by atoms with Gasteiger partial charge in [-0.25, -0.2) is 9.67 Å². The first-order valence-electron chi connectivity index (χ1n) is 10.8. The van der Waals surface area contributed by atoms with Crippen molar-refractivity contribution in [2.24, 2.45) is 0 Å². The first kappa shape index (κ1) is 21.1. The van der Waals surface area contributed by atoms with Crippen molar-refractivity contribution in [3.8, 4) is 0 Å². The van der Waals surface area contributed by atoms with Gasteiger partial charge in [-0.15, -0.1) is 0 Å². The number of aliphatic hydroxyl groups is 1. The first-order valence-corrected chi connectivity index (χ1v) is 10.8. The van der Waals surface area contributed by atoms with E-state index in [1.165, 1.54) is 0 Å². The molecular formula is C22H25F3N6O. The van der Waals surface area contributed by atoms with E-state index in [4.69, 9.17) is 0 Å². The molecule has 7 nitrogen and oxygen atoms in total. The van der Waals surface area contributed by atoms with E-state index >= 15 is 0 Å². The van der Waals surface area contributed by atoms with E-state index in [-0.39, 0.29) is 18.1 Å². The number of aliphatic hydroxyl groups excluding tert-OH is 1. The summed E-state index contributed by atoms with van der Waals surface area (Å²) in [5.41, 5.74) is 1.39. The van der Waals surface area contributed by atoms with Crippen LogP contribution in [0.1, 0.15) is 48.4 Å². The second-order valence-corrected chi connectivity index (χ2v) is 8.80. The Kier molecular flexibility index (Phi) is 5.29. The number of hydrogen-bond donors (Lipinski definition) is 2. The van der Waals surface area contributed by atoms with Crippen LogP contribution in [0.25, 0.3) is 11.0 Å². The minimum absolute atomic E-state index is 0.134. The molecule has 0 radical (unpaired) electrons. The molecule has 170 valence electrons. The molecule has 0 atom stereocenters. The van der Waals surface area contributed by atoms with E-state index in [0.717, 1.165) is 24.3 Å². The van der Waals surface area contributed by atoms with Crippen molar-refractivity contribution in [1.29, 1.82) is 0 Å². The van der Waals surface area contributed by atoms with Crippen LogP contribution < -0.4 is 5.32 Å². The molecule has 0 saturated heterocycles. The van der Waals surface area contributed by atoms with E-state index in [1.54, 1.807) is 18.5 Å². The van der Waals surface area contributed by atoms with E-state index in [0.29, 0.717) is 54.8 Å². The van der Waals surface area contributed by atoms with Gasteiger partial charge in [0, 0.05) is 25.0 Å². The van der Waals surface area contributed by atoms with Crippen LogP contribution in [0.5, 0.6) is 0 Å². The molecule has 2 N–H and O–H groups in total. The molecule has 10 heteroatoms. The van der Waals surface area contributed by atoms with Gasteiger partial charge in [0.15, 0.2) is 5.65 Å². The molecule has 2 aliphatic rings. The Bertz CT molecular complexity index is 1140. The third-order valence-electron chi connectivity index (χ3n) is 6.43. The van der Waals surface area contributed by atoms with Crippen LogP contribution in [0.15, 0.2) is 24.5 Å². The normalized spacial score (nSPS) is 22.2. The standard InChI is InChI=1S/C22H25F3N6O/c1-30-7-6-18-13(12-30)8-15(9-19(18)22(23,24)25)28-21-26-10-14-11-27-31(20(14)29-21)16-2-4-17(32)5-3-16/h8-11,16-17,32H,2-7,12H2,1H3,(H,26,28,29)/t16-,17+. The minimum Gasteiger partial charge on any atom is -0.393 e. The highest BCUT2D eigenvalue weighted by Gasteiger charge is 2.36. The Hall–Kier alpha value is -2.72. The van der Waals surface area contributed by atoms with Crippen LogP contribution in [-0.2, 0) is 19.1 Å². The quantitative estimate of drug-likeness (QED) is 0.632. The summed E-state index contributed by atoms with van der Waals surface area (Å²) in [6.07, 6.45) is 2.04. The topological polar surface area (TPSA) is 79.1 Å². The summed E-state index contributed by atoms with van der Waals surface area (Å²) < 4.78 is 43.1. The van der Waals surface area contributed by atoms with Gasteiger partial charge in [-0.05, 0) is 62.4 Å². The molecule has 0 unspecified atom stereocenters. The summed E-state index contributed by atoms with van der Waals surface area (Å²) in [4.78, 5) is 10.9. The lowest BCUT2D eigenvalue weighted by Crippen LogP contribution is -2.28. The van der Waals surface area contributed by atoms with Gasteiger partial charge >= 0.3 is 6.18 Å². The molecule has 3 aromatic rings. The molecule has 1 aliphatic heterocycles.